The normalized spacial score (nSPS) is 16.2. The summed E-state index contributed by atoms with van der Waals surface area (Å²) in [6, 6.07) is 4.01. The molecule has 2 heterocycles. The van der Waals surface area contributed by atoms with Gasteiger partial charge in [0.05, 0.1) is 0 Å². The number of nitrogens with zero attached hydrogens (tertiary/aromatic N) is 2. The van der Waals surface area contributed by atoms with Crippen molar-refractivity contribution in [1.29, 1.82) is 0 Å². The average molecular weight is 408 g/mol. The first-order valence-electron chi connectivity index (χ1n) is 10.7. The van der Waals surface area contributed by atoms with Crippen molar-refractivity contribution in [2.75, 3.05) is 6.54 Å². The molecule has 1 aromatic rings. The standard InChI is InChI=1S/C23H31N5.C2H6/c1-4-6-10-19(11-7-5-2)22(24)28-23(21-13-9-15-26-17-21)27-18(3)20-12-8-14-25-16-20;1-2/h4,6,8-13,15-18,23,25,27H,1,5,7,14H2,2-3H3,(H2,24,28);1-2H3/b10-6-,19-11+;. The van der Waals surface area contributed by atoms with E-state index in [0.717, 1.165) is 30.5 Å². The highest BCUT2D eigenvalue weighted by Gasteiger charge is 2.17. The van der Waals surface area contributed by atoms with Gasteiger partial charge in [-0.25, -0.2) is 4.99 Å². The summed E-state index contributed by atoms with van der Waals surface area (Å²) in [4.78, 5) is 9.05. The van der Waals surface area contributed by atoms with Crippen LogP contribution in [0.4, 0.5) is 0 Å². The second-order valence-electron chi connectivity index (χ2n) is 6.59. The van der Waals surface area contributed by atoms with Crippen LogP contribution >= 0.6 is 0 Å². The van der Waals surface area contributed by atoms with Crippen molar-refractivity contribution in [1.82, 2.24) is 15.6 Å². The smallest absolute Gasteiger partial charge is 0.129 e. The van der Waals surface area contributed by atoms with Crippen LogP contribution in [0.15, 0.2) is 89.9 Å². The van der Waals surface area contributed by atoms with Crippen molar-refractivity contribution < 1.29 is 0 Å². The highest BCUT2D eigenvalue weighted by Crippen LogP contribution is 2.18. The lowest BCUT2D eigenvalue weighted by atomic mass is 10.1. The molecular weight excluding hydrogens is 370 g/mol. The van der Waals surface area contributed by atoms with Crippen LogP contribution in [0.1, 0.15) is 52.3 Å². The summed E-state index contributed by atoms with van der Waals surface area (Å²) in [5.74, 6) is 0.492. The predicted octanol–water partition coefficient (Wildman–Crippen LogP) is 4.95. The molecule has 0 bridgehead atoms. The lowest BCUT2D eigenvalue weighted by molar-refractivity contribution is 0.506. The third-order valence-corrected chi connectivity index (χ3v) is 4.35. The zero-order valence-electron chi connectivity index (χ0n) is 18.8. The monoisotopic (exact) mass is 407 g/mol. The van der Waals surface area contributed by atoms with Crippen molar-refractivity contribution in [3.8, 4) is 0 Å². The van der Waals surface area contributed by atoms with E-state index in [1.807, 2.05) is 50.5 Å². The lowest BCUT2D eigenvalue weighted by Gasteiger charge is -2.23. The van der Waals surface area contributed by atoms with Crippen LogP contribution in [0.5, 0.6) is 0 Å². The van der Waals surface area contributed by atoms with E-state index in [0.29, 0.717) is 5.84 Å². The number of hydrogen-bond donors (Lipinski definition) is 3. The molecular formula is C25H37N5. The molecule has 0 saturated heterocycles. The van der Waals surface area contributed by atoms with E-state index in [-0.39, 0.29) is 12.2 Å². The molecule has 0 spiro atoms. The topological polar surface area (TPSA) is 75.3 Å². The Labute approximate surface area is 182 Å². The molecule has 2 atom stereocenters. The van der Waals surface area contributed by atoms with E-state index < -0.39 is 0 Å². The number of rotatable bonds is 10. The quantitative estimate of drug-likeness (QED) is 0.291. The number of nitrogens with one attached hydrogen (secondary N) is 2. The first-order chi connectivity index (χ1) is 14.7. The minimum Gasteiger partial charge on any atom is -0.387 e. The molecule has 0 saturated carbocycles. The number of aliphatic imine (C=N–C) groups is 1. The Morgan fingerprint density at radius 1 is 1.43 bits per heavy atom. The Morgan fingerprint density at radius 2 is 2.23 bits per heavy atom. The van der Waals surface area contributed by atoms with Crippen molar-refractivity contribution >= 4 is 5.84 Å². The molecule has 5 heteroatoms. The van der Waals surface area contributed by atoms with Crippen LogP contribution in [0.25, 0.3) is 0 Å². The number of aromatic nitrogens is 1. The summed E-state index contributed by atoms with van der Waals surface area (Å²) < 4.78 is 0. The van der Waals surface area contributed by atoms with Gasteiger partial charge in [0.1, 0.15) is 12.0 Å². The molecule has 162 valence electrons. The first kappa shape index (κ1) is 25.1. The van der Waals surface area contributed by atoms with E-state index in [9.17, 15) is 0 Å². The molecule has 0 radical (unpaired) electrons. The summed E-state index contributed by atoms with van der Waals surface area (Å²) in [6.45, 7) is 12.8. The maximum Gasteiger partial charge on any atom is 0.129 e. The van der Waals surface area contributed by atoms with Crippen LogP contribution in [-0.4, -0.2) is 23.4 Å². The minimum atomic E-state index is -0.304. The maximum absolute atomic E-state index is 6.39. The number of pyridine rings is 1. The molecule has 0 fully saturated rings. The van der Waals surface area contributed by atoms with Gasteiger partial charge in [0.2, 0.25) is 0 Å². The third kappa shape index (κ3) is 8.62. The number of allylic oxidation sites excluding steroid dienone is 3. The Bertz CT molecular complexity index is 772. The molecule has 1 aromatic heterocycles. The largest absolute Gasteiger partial charge is 0.387 e. The maximum atomic E-state index is 6.39. The molecule has 0 aromatic carbocycles. The summed E-state index contributed by atoms with van der Waals surface area (Å²) in [6.07, 6.45) is 19.2. The minimum absolute atomic E-state index is 0.0950. The van der Waals surface area contributed by atoms with E-state index in [4.69, 9.17) is 10.7 Å². The van der Waals surface area contributed by atoms with Crippen molar-refractivity contribution in [3.05, 3.63) is 90.5 Å². The molecule has 30 heavy (non-hydrogen) atoms. The van der Waals surface area contributed by atoms with E-state index in [2.05, 4.69) is 54.3 Å². The molecule has 0 aliphatic carbocycles. The van der Waals surface area contributed by atoms with Crippen LogP contribution in [0.3, 0.4) is 0 Å². The van der Waals surface area contributed by atoms with Gasteiger partial charge in [0, 0.05) is 42.3 Å². The van der Waals surface area contributed by atoms with Crippen LogP contribution < -0.4 is 16.4 Å². The third-order valence-electron chi connectivity index (χ3n) is 4.35. The number of unbranched alkanes of at least 4 members (excludes halogenated alkanes) is 1. The summed E-state index contributed by atoms with van der Waals surface area (Å²) in [5, 5.41) is 6.81. The molecule has 2 unspecified atom stereocenters. The van der Waals surface area contributed by atoms with Crippen molar-refractivity contribution in [2.45, 2.75) is 52.7 Å². The Balaban J connectivity index is 0.00000218. The van der Waals surface area contributed by atoms with Crippen LogP contribution in [-0.2, 0) is 0 Å². The van der Waals surface area contributed by atoms with Gasteiger partial charge in [-0.1, -0.05) is 76.3 Å². The van der Waals surface area contributed by atoms with E-state index in [1.54, 1.807) is 12.3 Å². The highest BCUT2D eigenvalue weighted by atomic mass is 15.1. The predicted molar refractivity (Wildman–Crippen MR) is 130 cm³/mol. The second-order valence-corrected chi connectivity index (χ2v) is 6.59. The second kappa shape index (κ2) is 15.0. The molecule has 2 rings (SSSR count). The first-order valence-corrected chi connectivity index (χ1v) is 10.7. The summed E-state index contributed by atoms with van der Waals surface area (Å²) in [7, 11) is 0. The molecule has 1 aliphatic heterocycles. The molecule has 1 aliphatic rings. The SMILES string of the molecule is C=C\C=C/C(=C\CCC)C(/N)=N/C(NC(C)C1=CNCC=C1)c1cccnc1.CC. The van der Waals surface area contributed by atoms with Gasteiger partial charge in [0.15, 0.2) is 0 Å². The van der Waals surface area contributed by atoms with Gasteiger partial charge < -0.3 is 11.1 Å². The van der Waals surface area contributed by atoms with Crippen LogP contribution in [0, 0.1) is 0 Å². The lowest BCUT2D eigenvalue weighted by Crippen LogP contribution is -2.33. The van der Waals surface area contributed by atoms with Crippen LogP contribution in [0.2, 0.25) is 0 Å². The fourth-order valence-electron chi connectivity index (χ4n) is 2.78. The van der Waals surface area contributed by atoms with Crippen molar-refractivity contribution in [2.24, 2.45) is 10.7 Å². The average Bonchev–Trinajstić information content (AvgIpc) is 2.81. The molecule has 4 N–H and O–H groups in total. The number of amidine groups is 1. The summed E-state index contributed by atoms with van der Waals surface area (Å²) >= 11 is 0. The van der Waals surface area contributed by atoms with Gasteiger partial charge in [-0.2, -0.15) is 0 Å². The number of nitrogens with two attached hydrogens (primary N) is 1. The Hall–Kier alpha value is -2.92. The molecule has 5 nitrogen and oxygen atoms in total. The number of dihydropyridines is 1. The summed E-state index contributed by atoms with van der Waals surface area (Å²) in [5.41, 5.74) is 9.43. The van der Waals surface area contributed by atoms with Gasteiger partial charge >= 0.3 is 0 Å². The fraction of sp³-hybridized carbons (Fsp3) is 0.360. The zero-order valence-corrected chi connectivity index (χ0v) is 18.8. The van der Waals surface area contributed by atoms with Crippen molar-refractivity contribution in [3.63, 3.8) is 0 Å². The highest BCUT2D eigenvalue weighted by molar-refractivity contribution is 5.99. The Kier molecular flexibility index (Phi) is 12.6. The van der Waals surface area contributed by atoms with Gasteiger partial charge in [-0.05, 0) is 25.0 Å². The Morgan fingerprint density at radius 3 is 2.83 bits per heavy atom. The van der Waals surface area contributed by atoms with Gasteiger partial charge in [-0.3, -0.25) is 10.3 Å². The van der Waals surface area contributed by atoms with Gasteiger partial charge in [0.25, 0.3) is 0 Å². The zero-order chi connectivity index (χ0) is 22.2. The van der Waals surface area contributed by atoms with E-state index in [1.165, 1.54) is 5.57 Å². The van der Waals surface area contributed by atoms with Gasteiger partial charge in [-0.15, -0.1) is 0 Å². The fourth-order valence-corrected chi connectivity index (χ4v) is 2.78. The number of hydrogen-bond acceptors (Lipinski definition) is 4. The van der Waals surface area contributed by atoms with E-state index >= 15 is 0 Å². The molecule has 0 amide bonds.